The number of imidazole rings is 1. The van der Waals surface area contributed by atoms with Crippen LogP contribution in [0, 0.1) is 0 Å². The zero-order chi connectivity index (χ0) is 17.9. The lowest BCUT2D eigenvalue weighted by molar-refractivity contribution is -0.133. The van der Waals surface area contributed by atoms with Gasteiger partial charge in [0.05, 0.1) is 12.7 Å². The smallest absolute Gasteiger partial charge is 0.242 e. The summed E-state index contributed by atoms with van der Waals surface area (Å²) in [6, 6.07) is 0. The Morgan fingerprint density at radius 1 is 1.36 bits per heavy atom. The Kier molecular flexibility index (Phi) is 4.98. The van der Waals surface area contributed by atoms with Gasteiger partial charge in [-0.3, -0.25) is 9.78 Å². The SMILES string of the molecule is CCc1nccn1CC(=O)N(C)CC1(O)CCN(c2cnccn2)C1. The van der Waals surface area contributed by atoms with E-state index in [9.17, 15) is 9.90 Å². The van der Waals surface area contributed by atoms with E-state index < -0.39 is 5.60 Å². The van der Waals surface area contributed by atoms with Crippen molar-refractivity contribution in [2.45, 2.75) is 31.9 Å². The molecule has 1 N–H and O–H groups in total. The lowest BCUT2D eigenvalue weighted by atomic mass is 10.0. The summed E-state index contributed by atoms with van der Waals surface area (Å²) in [6.45, 7) is 3.67. The van der Waals surface area contributed by atoms with Gasteiger partial charge in [0.2, 0.25) is 5.91 Å². The molecule has 1 aliphatic rings. The Bertz CT molecular complexity index is 719. The van der Waals surface area contributed by atoms with E-state index in [1.807, 2.05) is 22.6 Å². The quantitative estimate of drug-likeness (QED) is 0.813. The van der Waals surface area contributed by atoms with Crippen molar-refractivity contribution in [1.29, 1.82) is 0 Å². The van der Waals surface area contributed by atoms with Gasteiger partial charge in [-0.2, -0.15) is 0 Å². The molecule has 2 aromatic rings. The van der Waals surface area contributed by atoms with Crippen LogP contribution in [0.5, 0.6) is 0 Å². The highest BCUT2D eigenvalue weighted by molar-refractivity contribution is 5.75. The van der Waals surface area contributed by atoms with Gasteiger partial charge in [0, 0.05) is 51.3 Å². The van der Waals surface area contributed by atoms with Crippen molar-refractivity contribution < 1.29 is 9.90 Å². The lowest BCUT2D eigenvalue weighted by Crippen LogP contribution is -2.46. The molecule has 0 bridgehead atoms. The number of β-amino-alcohol motifs (C(OH)–C–C–N with tert-alkyl or cyclic N) is 1. The molecule has 0 aliphatic carbocycles. The summed E-state index contributed by atoms with van der Waals surface area (Å²) in [5, 5.41) is 10.9. The number of carbonyl (C=O) groups excluding carboxylic acids is 1. The predicted octanol–water partition coefficient (Wildman–Crippen LogP) is 0.335. The number of nitrogens with zero attached hydrogens (tertiary/aromatic N) is 6. The van der Waals surface area contributed by atoms with Crippen molar-refractivity contribution in [3.63, 3.8) is 0 Å². The zero-order valence-corrected chi connectivity index (χ0v) is 14.7. The van der Waals surface area contributed by atoms with Crippen LogP contribution in [0.15, 0.2) is 31.0 Å². The average Bonchev–Trinajstić information content (AvgIpc) is 3.22. The van der Waals surface area contributed by atoms with E-state index in [0.29, 0.717) is 26.1 Å². The number of amides is 1. The molecule has 8 heteroatoms. The first-order valence-electron chi connectivity index (χ1n) is 8.48. The first-order chi connectivity index (χ1) is 12.0. The van der Waals surface area contributed by atoms with E-state index in [0.717, 1.165) is 18.1 Å². The second-order valence-electron chi connectivity index (χ2n) is 6.53. The standard InChI is InChI=1S/C17H24N6O2/c1-3-14-20-7-9-22(14)11-16(24)21(2)12-17(25)4-8-23(13-17)15-10-18-5-6-19-15/h5-7,9-10,25H,3-4,8,11-13H2,1-2H3. The van der Waals surface area contributed by atoms with Crippen molar-refractivity contribution in [3.8, 4) is 0 Å². The highest BCUT2D eigenvalue weighted by atomic mass is 16.3. The summed E-state index contributed by atoms with van der Waals surface area (Å²) in [5.41, 5.74) is -0.940. The van der Waals surface area contributed by atoms with Crippen LogP contribution in [-0.2, 0) is 17.8 Å². The largest absolute Gasteiger partial charge is 0.386 e. The number of aromatic nitrogens is 4. The average molecular weight is 344 g/mol. The summed E-state index contributed by atoms with van der Waals surface area (Å²) in [5.74, 6) is 1.59. The van der Waals surface area contributed by atoms with Crippen LogP contribution in [0.1, 0.15) is 19.2 Å². The van der Waals surface area contributed by atoms with Crippen LogP contribution < -0.4 is 4.90 Å². The van der Waals surface area contributed by atoms with Crippen LogP contribution in [0.2, 0.25) is 0 Å². The number of likely N-dealkylation sites (N-methyl/N-ethyl adjacent to an activating group) is 1. The van der Waals surface area contributed by atoms with E-state index in [-0.39, 0.29) is 12.5 Å². The number of carbonyl (C=O) groups is 1. The van der Waals surface area contributed by atoms with Gasteiger partial charge in [0.15, 0.2) is 0 Å². The summed E-state index contributed by atoms with van der Waals surface area (Å²) in [7, 11) is 1.73. The monoisotopic (exact) mass is 344 g/mol. The molecule has 1 aliphatic heterocycles. The number of rotatable bonds is 6. The normalized spacial score (nSPS) is 20.0. The van der Waals surface area contributed by atoms with Gasteiger partial charge >= 0.3 is 0 Å². The molecule has 1 atom stereocenters. The number of aliphatic hydroxyl groups is 1. The summed E-state index contributed by atoms with van der Waals surface area (Å²) >= 11 is 0. The second-order valence-corrected chi connectivity index (χ2v) is 6.53. The van der Waals surface area contributed by atoms with Crippen molar-refractivity contribution in [2.75, 3.05) is 31.6 Å². The van der Waals surface area contributed by atoms with E-state index in [1.165, 1.54) is 0 Å². The lowest BCUT2D eigenvalue weighted by Gasteiger charge is -2.29. The predicted molar refractivity (Wildman–Crippen MR) is 93.1 cm³/mol. The highest BCUT2D eigenvalue weighted by Gasteiger charge is 2.38. The van der Waals surface area contributed by atoms with E-state index in [1.54, 1.807) is 36.7 Å². The number of hydrogen-bond acceptors (Lipinski definition) is 6. The summed E-state index contributed by atoms with van der Waals surface area (Å²) < 4.78 is 1.85. The van der Waals surface area contributed by atoms with Gasteiger partial charge in [-0.05, 0) is 6.42 Å². The van der Waals surface area contributed by atoms with E-state index in [2.05, 4.69) is 15.0 Å². The molecule has 1 amide bonds. The van der Waals surface area contributed by atoms with Gasteiger partial charge in [-0.15, -0.1) is 0 Å². The van der Waals surface area contributed by atoms with Crippen LogP contribution >= 0.6 is 0 Å². The maximum Gasteiger partial charge on any atom is 0.242 e. The molecule has 3 heterocycles. The van der Waals surface area contributed by atoms with Gasteiger partial charge in [0.25, 0.3) is 0 Å². The molecular formula is C17H24N6O2. The molecule has 0 radical (unpaired) electrons. The Morgan fingerprint density at radius 3 is 2.92 bits per heavy atom. The fourth-order valence-corrected chi connectivity index (χ4v) is 3.23. The van der Waals surface area contributed by atoms with Crippen molar-refractivity contribution >= 4 is 11.7 Å². The van der Waals surface area contributed by atoms with Gasteiger partial charge in [-0.25, -0.2) is 9.97 Å². The molecule has 0 aromatic carbocycles. The number of aryl methyl sites for hydroxylation is 1. The molecule has 3 rings (SSSR count). The second kappa shape index (κ2) is 7.18. The Labute approximate surface area is 147 Å². The molecular weight excluding hydrogens is 320 g/mol. The van der Waals surface area contributed by atoms with Crippen LogP contribution in [0.25, 0.3) is 0 Å². The Balaban J connectivity index is 1.58. The summed E-state index contributed by atoms with van der Waals surface area (Å²) in [6.07, 6.45) is 9.83. The first kappa shape index (κ1) is 17.3. The fraction of sp³-hybridized carbons (Fsp3) is 0.529. The summed E-state index contributed by atoms with van der Waals surface area (Å²) in [4.78, 5) is 28.7. The molecule has 1 unspecified atom stereocenters. The third-order valence-electron chi connectivity index (χ3n) is 4.59. The Hall–Kier alpha value is -2.48. The van der Waals surface area contributed by atoms with Crippen LogP contribution in [0.3, 0.4) is 0 Å². The van der Waals surface area contributed by atoms with Crippen molar-refractivity contribution in [2.24, 2.45) is 0 Å². The highest BCUT2D eigenvalue weighted by Crippen LogP contribution is 2.25. The van der Waals surface area contributed by atoms with Gasteiger partial charge in [-0.1, -0.05) is 6.92 Å². The maximum absolute atomic E-state index is 12.5. The third-order valence-corrected chi connectivity index (χ3v) is 4.59. The molecule has 25 heavy (non-hydrogen) atoms. The molecule has 134 valence electrons. The van der Waals surface area contributed by atoms with E-state index >= 15 is 0 Å². The fourth-order valence-electron chi connectivity index (χ4n) is 3.23. The first-order valence-corrected chi connectivity index (χ1v) is 8.48. The molecule has 0 saturated carbocycles. The minimum absolute atomic E-state index is 0.0425. The van der Waals surface area contributed by atoms with Crippen LogP contribution in [-0.4, -0.2) is 67.7 Å². The topological polar surface area (TPSA) is 87.4 Å². The van der Waals surface area contributed by atoms with Gasteiger partial charge in [0.1, 0.15) is 23.8 Å². The molecule has 1 saturated heterocycles. The third kappa shape index (κ3) is 3.96. The maximum atomic E-state index is 12.5. The minimum atomic E-state index is -0.940. The van der Waals surface area contributed by atoms with Crippen molar-refractivity contribution in [1.82, 2.24) is 24.4 Å². The number of anilines is 1. The number of hydrogen-bond donors (Lipinski definition) is 1. The zero-order valence-electron chi connectivity index (χ0n) is 14.7. The molecule has 0 spiro atoms. The molecule has 1 fully saturated rings. The molecule has 2 aromatic heterocycles. The minimum Gasteiger partial charge on any atom is -0.386 e. The van der Waals surface area contributed by atoms with Crippen molar-refractivity contribution in [3.05, 3.63) is 36.8 Å². The van der Waals surface area contributed by atoms with Gasteiger partial charge < -0.3 is 19.5 Å². The van der Waals surface area contributed by atoms with Crippen LogP contribution in [0.4, 0.5) is 5.82 Å². The Morgan fingerprint density at radius 2 is 2.20 bits per heavy atom. The molecule has 8 nitrogen and oxygen atoms in total. The van der Waals surface area contributed by atoms with E-state index in [4.69, 9.17) is 0 Å².